The normalized spacial score (nSPS) is 14.4. The lowest BCUT2D eigenvalue weighted by molar-refractivity contribution is 0.0168. The Morgan fingerprint density at radius 1 is 1.33 bits per heavy atom. The van der Waals surface area contributed by atoms with Crippen molar-refractivity contribution in [2.45, 2.75) is 12.6 Å². The number of amides is 1. The Kier molecular flexibility index (Phi) is 4.72. The summed E-state index contributed by atoms with van der Waals surface area (Å²) in [5, 5.41) is 2.86. The van der Waals surface area contributed by atoms with Crippen molar-refractivity contribution in [1.82, 2.24) is 23.8 Å². The van der Waals surface area contributed by atoms with Crippen LogP contribution in [0.4, 0.5) is 0 Å². The predicted octanol–water partition coefficient (Wildman–Crippen LogP) is 1.66. The molecule has 1 saturated heterocycles. The molecule has 0 aromatic carbocycles. The third-order valence-electron chi connectivity index (χ3n) is 5.13. The van der Waals surface area contributed by atoms with Crippen molar-refractivity contribution in [2.75, 3.05) is 26.8 Å². The van der Waals surface area contributed by atoms with E-state index in [0.29, 0.717) is 53.8 Å². The zero-order valence-electron chi connectivity index (χ0n) is 16.2. The molecular formula is C20H19N5O4S. The summed E-state index contributed by atoms with van der Waals surface area (Å²) < 4.78 is 14.2. The van der Waals surface area contributed by atoms with Gasteiger partial charge in [0.1, 0.15) is 23.1 Å². The molecule has 0 N–H and O–H groups in total. The van der Waals surface area contributed by atoms with E-state index in [-0.39, 0.29) is 17.6 Å². The van der Waals surface area contributed by atoms with E-state index in [1.165, 1.54) is 15.7 Å². The molecule has 0 spiro atoms. The van der Waals surface area contributed by atoms with E-state index in [0.717, 1.165) is 0 Å². The lowest BCUT2D eigenvalue weighted by Gasteiger charge is -2.38. The Morgan fingerprint density at radius 2 is 2.20 bits per heavy atom. The van der Waals surface area contributed by atoms with Gasteiger partial charge in [0.25, 0.3) is 16.7 Å². The van der Waals surface area contributed by atoms with Gasteiger partial charge < -0.3 is 18.9 Å². The van der Waals surface area contributed by atoms with Crippen LogP contribution in [0.3, 0.4) is 0 Å². The van der Waals surface area contributed by atoms with Gasteiger partial charge >= 0.3 is 0 Å². The van der Waals surface area contributed by atoms with Gasteiger partial charge in [0.05, 0.1) is 25.1 Å². The minimum atomic E-state index is -0.200. The number of methoxy groups -OCH3 is 1. The van der Waals surface area contributed by atoms with Gasteiger partial charge in [-0.3, -0.25) is 14.0 Å². The monoisotopic (exact) mass is 425 g/mol. The molecule has 0 atom stereocenters. The first-order valence-corrected chi connectivity index (χ1v) is 10.4. The molecule has 5 heterocycles. The number of likely N-dealkylation sites (tertiary alicyclic amines) is 1. The second-order valence-electron chi connectivity index (χ2n) is 7.01. The second-order valence-corrected chi connectivity index (χ2v) is 7.86. The molecule has 1 fully saturated rings. The highest BCUT2D eigenvalue weighted by Gasteiger charge is 2.35. The van der Waals surface area contributed by atoms with E-state index < -0.39 is 0 Å². The van der Waals surface area contributed by atoms with E-state index in [4.69, 9.17) is 9.47 Å². The molecule has 1 aliphatic rings. The molecule has 154 valence electrons. The molecule has 4 aromatic rings. The van der Waals surface area contributed by atoms with E-state index >= 15 is 0 Å². The lowest BCUT2D eigenvalue weighted by Crippen LogP contribution is -2.56. The lowest BCUT2D eigenvalue weighted by atomic mass is 10.1. The molecule has 5 rings (SSSR count). The third kappa shape index (κ3) is 3.14. The average Bonchev–Trinajstić information content (AvgIpc) is 3.36. The van der Waals surface area contributed by atoms with E-state index in [2.05, 4.69) is 9.97 Å². The summed E-state index contributed by atoms with van der Waals surface area (Å²) >= 11 is 1.42. The second kappa shape index (κ2) is 7.54. The summed E-state index contributed by atoms with van der Waals surface area (Å²) in [6.07, 6.45) is 3.28. The fourth-order valence-corrected chi connectivity index (χ4v) is 4.14. The Balaban J connectivity index is 1.48. The minimum absolute atomic E-state index is 0.0803. The molecule has 0 radical (unpaired) electrons. The molecule has 0 aliphatic carbocycles. The molecule has 30 heavy (non-hydrogen) atoms. The maximum Gasteiger partial charge on any atom is 0.273 e. The summed E-state index contributed by atoms with van der Waals surface area (Å²) in [6, 6.07) is 7.01. The fourth-order valence-electron chi connectivity index (χ4n) is 3.59. The summed E-state index contributed by atoms with van der Waals surface area (Å²) in [7, 11) is 1.60. The Labute approximate surface area is 175 Å². The highest BCUT2D eigenvalue weighted by Crippen LogP contribution is 2.24. The first-order valence-electron chi connectivity index (χ1n) is 9.50. The maximum atomic E-state index is 13.2. The van der Waals surface area contributed by atoms with Crippen molar-refractivity contribution in [3.05, 3.63) is 58.1 Å². The summed E-state index contributed by atoms with van der Waals surface area (Å²) in [4.78, 5) is 36.6. The third-order valence-corrected chi connectivity index (χ3v) is 5.79. The van der Waals surface area contributed by atoms with Gasteiger partial charge in [0, 0.05) is 31.4 Å². The highest BCUT2D eigenvalue weighted by molar-refractivity contribution is 7.11. The van der Waals surface area contributed by atoms with Gasteiger partial charge in [-0.05, 0) is 18.2 Å². The van der Waals surface area contributed by atoms with Crippen LogP contribution in [-0.4, -0.2) is 62.7 Å². The average molecular weight is 425 g/mol. The molecule has 4 aromatic heterocycles. The molecule has 1 amide bonds. The van der Waals surface area contributed by atoms with Gasteiger partial charge in [-0.2, -0.15) is 0 Å². The molecule has 9 nitrogen and oxygen atoms in total. The maximum absolute atomic E-state index is 13.2. The standard InChI is InChI=1S/C20H19N5O4S/c1-28-8-7-24-15(19(27)23-11-13(12-23)29-20-21-5-9-30-20)10-14-17(24)22-16-4-2-3-6-25(16)18(14)26/h2-6,9-10,13H,7-8,11-12H2,1H3. The number of hydrogen-bond donors (Lipinski definition) is 0. The van der Waals surface area contributed by atoms with Crippen LogP contribution in [0.1, 0.15) is 10.5 Å². The van der Waals surface area contributed by atoms with Crippen molar-refractivity contribution < 1.29 is 14.3 Å². The first kappa shape index (κ1) is 18.8. The number of aromatic nitrogens is 4. The Hall–Kier alpha value is -3.24. The zero-order valence-corrected chi connectivity index (χ0v) is 17.0. The number of rotatable bonds is 6. The number of hydrogen-bond acceptors (Lipinski definition) is 7. The summed E-state index contributed by atoms with van der Waals surface area (Å²) in [6.45, 7) is 1.76. The predicted molar refractivity (Wildman–Crippen MR) is 111 cm³/mol. The quantitative estimate of drug-likeness (QED) is 0.467. The van der Waals surface area contributed by atoms with Gasteiger partial charge in [-0.15, -0.1) is 0 Å². The van der Waals surface area contributed by atoms with Crippen LogP contribution >= 0.6 is 11.3 Å². The number of ether oxygens (including phenoxy) is 2. The largest absolute Gasteiger partial charge is 0.463 e. The minimum Gasteiger partial charge on any atom is -0.463 e. The number of carbonyl (C=O) groups is 1. The molecule has 0 saturated carbocycles. The van der Waals surface area contributed by atoms with Crippen LogP contribution in [0.2, 0.25) is 0 Å². The molecule has 1 aliphatic heterocycles. The van der Waals surface area contributed by atoms with Crippen LogP contribution in [0, 0.1) is 0 Å². The van der Waals surface area contributed by atoms with E-state index in [1.54, 1.807) is 47.2 Å². The van der Waals surface area contributed by atoms with Crippen LogP contribution in [0.5, 0.6) is 5.19 Å². The number of carbonyl (C=O) groups excluding carboxylic acids is 1. The number of fused-ring (bicyclic) bond motifs is 2. The number of thiazole rings is 1. The molecule has 10 heteroatoms. The first-order chi connectivity index (χ1) is 14.7. The molecule has 0 bridgehead atoms. The van der Waals surface area contributed by atoms with Gasteiger partial charge in [-0.25, -0.2) is 9.97 Å². The summed E-state index contributed by atoms with van der Waals surface area (Å²) in [5.41, 5.74) is 1.25. The van der Waals surface area contributed by atoms with Crippen molar-refractivity contribution in [2.24, 2.45) is 0 Å². The van der Waals surface area contributed by atoms with Crippen molar-refractivity contribution in [1.29, 1.82) is 0 Å². The topological polar surface area (TPSA) is 91.0 Å². The van der Waals surface area contributed by atoms with Crippen LogP contribution in [0.25, 0.3) is 16.7 Å². The summed E-state index contributed by atoms with van der Waals surface area (Å²) in [5.74, 6) is -0.156. The van der Waals surface area contributed by atoms with Gasteiger partial charge in [-0.1, -0.05) is 17.4 Å². The Bertz CT molecular complexity index is 1270. The number of nitrogens with zero attached hydrogens (tertiary/aromatic N) is 5. The van der Waals surface area contributed by atoms with E-state index in [1.807, 2.05) is 11.4 Å². The van der Waals surface area contributed by atoms with Crippen LogP contribution in [-0.2, 0) is 11.3 Å². The fraction of sp³-hybridized carbons (Fsp3) is 0.300. The van der Waals surface area contributed by atoms with Crippen LogP contribution in [0.15, 0.2) is 46.8 Å². The number of pyridine rings is 1. The molecule has 0 unspecified atom stereocenters. The Morgan fingerprint density at radius 3 is 2.97 bits per heavy atom. The smallest absolute Gasteiger partial charge is 0.273 e. The van der Waals surface area contributed by atoms with Gasteiger partial charge in [0.2, 0.25) is 0 Å². The zero-order chi connectivity index (χ0) is 20.7. The van der Waals surface area contributed by atoms with Crippen molar-refractivity contribution in [3.8, 4) is 5.19 Å². The van der Waals surface area contributed by atoms with E-state index in [9.17, 15) is 9.59 Å². The highest BCUT2D eigenvalue weighted by atomic mass is 32.1. The van der Waals surface area contributed by atoms with Crippen molar-refractivity contribution in [3.63, 3.8) is 0 Å². The molecular weight excluding hydrogens is 406 g/mol. The van der Waals surface area contributed by atoms with Crippen LogP contribution < -0.4 is 10.3 Å². The SMILES string of the molecule is COCCn1c(C(=O)N2CC(Oc3nccs3)C2)cc2c(=O)n3ccccc3nc21. The van der Waals surface area contributed by atoms with Crippen molar-refractivity contribution >= 4 is 33.9 Å². The van der Waals surface area contributed by atoms with Gasteiger partial charge in [0.15, 0.2) is 0 Å².